The van der Waals surface area contributed by atoms with Gasteiger partial charge in [0.1, 0.15) is 23.5 Å². The second-order valence-electron chi connectivity index (χ2n) is 8.98. The van der Waals surface area contributed by atoms with E-state index in [2.05, 4.69) is 15.9 Å². The molecule has 2 atom stereocenters. The van der Waals surface area contributed by atoms with Gasteiger partial charge in [0.25, 0.3) is 0 Å². The molecule has 2 aromatic carbocycles. The highest BCUT2D eigenvalue weighted by Gasteiger charge is 2.33. The first-order valence-corrected chi connectivity index (χ1v) is 14.4. The van der Waals surface area contributed by atoms with E-state index < -0.39 is 12.2 Å². The highest BCUT2D eigenvalue weighted by Crippen LogP contribution is 2.43. The van der Waals surface area contributed by atoms with Crippen LogP contribution in [0.4, 0.5) is 0 Å². The van der Waals surface area contributed by atoms with Gasteiger partial charge in [0.2, 0.25) is 0 Å². The molecule has 0 radical (unpaired) electrons. The lowest BCUT2D eigenvalue weighted by Crippen LogP contribution is -2.16. The van der Waals surface area contributed by atoms with E-state index in [0.29, 0.717) is 64.6 Å². The zero-order valence-corrected chi connectivity index (χ0v) is 25.4. The SMILES string of the molecule is OC(c1c(-c2ccc(Cl)cc2Cl)nc2ccc(Cl)cn12)C(O)c1c(-c2ccc(Cl)cc2Cl)nc2ccc(Br)cn12. The van der Waals surface area contributed by atoms with E-state index in [1.165, 1.54) is 0 Å². The summed E-state index contributed by atoms with van der Waals surface area (Å²) in [5.41, 5.74) is 3.40. The lowest BCUT2D eigenvalue weighted by atomic mass is 9.99. The fourth-order valence-corrected chi connectivity index (χ4v) is 6.19. The van der Waals surface area contributed by atoms with Gasteiger partial charge in [0.05, 0.1) is 37.8 Å². The van der Waals surface area contributed by atoms with E-state index in [0.717, 1.165) is 4.47 Å². The van der Waals surface area contributed by atoms with Crippen molar-refractivity contribution in [2.75, 3.05) is 0 Å². The van der Waals surface area contributed by atoms with Gasteiger partial charge < -0.3 is 10.2 Å². The van der Waals surface area contributed by atoms with Gasteiger partial charge in [-0.3, -0.25) is 8.80 Å². The number of pyridine rings is 2. The van der Waals surface area contributed by atoms with Crippen LogP contribution in [0.15, 0.2) is 77.5 Å². The summed E-state index contributed by atoms with van der Waals surface area (Å²) in [4.78, 5) is 9.46. The third-order valence-corrected chi connectivity index (χ3v) is 8.26. The van der Waals surface area contributed by atoms with E-state index in [1.54, 1.807) is 75.8 Å². The number of aliphatic hydroxyl groups is 2. The van der Waals surface area contributed by atoms with Crippen LogP contribution in [0.25, 0.3) is 33.8 Å². The number of benzene rings is 2. The number of hydrogen-bond donors (Lipinski definition) is 2. The van der Waals surface area contributed by atoms with Crippen LogP contribution in [0.5, 0.6) is 0 Å². The molecule has 2 N–H and O–H groups in total. The van der Waals surface area contributed by atoms with E-state index >= 15 is 0 Å². The fraction of sp³-hybridized carbons (Fsp3) is 0.0714. The minimum atomic E-state index is -1.51. The number of halogens is 6. The van der Waals surface area contributed by atoms with Crippen molar-refractivity contribution in [2.45, 2.75) is 12.2 Å². The van der Waals surface area contributed by atoms with Crippen LogP contribution in [0.1, 0.15) is 23.6 Å². The largest absolute Gasteiger partial charge is 0.384 e. The van der Waals surface area contributed by atoms with Gasteiger partial charge in [-0.15, -0.1) is 0 Å². The maximum atomic E-state index is 11.9. The Labute approximate surface area is 261 Å². The van der Waals surface area contributed by atoms with Crippen molar-refractivity contribution < 1.29 is 10.2 Å². The summed E-state index contributed by atoms with van der Waals surface area (Å²) in [6, 6.07) is 17.0. The molecule has 0 aliphatic rings. The second kappa shape index (κ2) is 10.8. The molecule has 4 heterocycles. The third kappa shape index (κ3) is 4.89. The van der Waals surface area contributed by atoms with Gasteiger partial charge in [-0.05, 0) is 76.6 Å². The van der Waals surface area contributed by atoms with E-state index in [9.17, 15) is 10.2 Å². The summed E-state index contributed by atoms with van der Waals surface area (Å²) in [6.07, 6.45) is 0.349. The van der Waals surface area contributed by atoms with Crippen LogP contribution in [0.3, 0.4) is 0 Å². The highest BCUT2D eigenvalue weighted by molar-refractivity contribution is 9.10. The maximum absolute atomic E-state index is 11.9. The van der Waals surface area contributed by atoms with Crippen LogP contribution >= 0.6 is 73.9 Å². The highest BCUT2D eigenvalue weighted by atomic mass is 79.9. The fourth-order valence-electron chi connectivity index (χ4n) is 4.70. The third-order valence-electron chi connectivity index (χ3n) is 6.47. The summed E-state index contributed by atoms with van der Waals surface area (Å²) in [5, 5.41) is 25.8. The molecule has 0 bridgehead atoms. The van der Waals surface area contributed by atoms with Crippen LogP contribution in [0.2, 0.25) is 25.1 Å². The van der Waals surface area contributed by atoms with Gasteiger partial charge in [-0.25, -0.2) is 9.97 Å². The molecule has 0 aliphatic heterocycles. The molecule has 4 aromatic heterocycles. The Bertz CT molecular complexity index is 1800. The van der Waals surface area contributed by atoms with Crippen molar-refractivity contribution in [2.24, 2.45) is 0 Å². The van der Waals surface area contributed by atoms with Gasteiger partial charge in [-0.1, -0.05) is 58.0 Å². The Morgan fingerprint density at radius 2 is 1.05 bits per heavy atom. The quantitative estimate of drug-likeness (QED) is 0.189. The standard InChI is InChI=1S/C28H16BrCl5N4O2/c29-13-1-7-21-35-23(17-5-2-14(30)9-19(17)33)25(37(21)11-13)27(39)28(40)26-24(18-6-3-15(31)10-20(18)34)36-22-8-4-16(32)12-38(22)26/h1-12,27-28,39-40H. The number of nitrogens with zero attached hydrogens (tertiary/aromatic N) is 4. The average molecular weight is 698 g/mol. The first-order valence-electron chi connectivity index (χ1n) is 11.7. The van der Waals surface area contributed by atoms with Crippen molar-refractivity contribution in [3.8, 4) is 22.5 Å². The van der Waals surface area contributed by atoms with Crippen molar-refractivity contribution >= 4 is 85.2 Å². The molecule has 0 fully saturated rings. The average Bonchev–Trinajstić information content (AvgIpc) is 3.45. The second-order valence-corrected chi connectivity index (χ2v) is 12.0. The molecule has 6 rings (SSSR count). The lowest BCUT2D eigenvalue weighted by molar-refractivity contribution is 0.0118. The molecular formula is C28H16BrCl5N4O2. The molecule has 0 saturated carbocycles. The lowest BCUT2D eigenvalue weighted by Gasteiger charge is -2.21. The summed E-state index contributed by atoms with van der Waals surface area (Å²) in [5.74, 6) is 0. The summed E-state index contributed by atoms with van der Waals surface area (Å²) in [7, 11) is 0. The summed E-state index contributed by atoms with van der Waals surface area (Å²) < 4.78 is 4.07. The zero-order chi connectivity index (χ0) is 28.3. The molecule has 0 aliphatic carbocycles. The van der Waals surface area contributed by atoms with E-state index in [-0.39, 0.29) is 5.69 Å². The van der Waals surface area contributed by atoms with Crippen LogP contribution in [-0.2, 0) is 0 Å². The number of aromatic nitrogens is 4. The number of fused-ring (bicyclic) bond motifs is 2. The van der Waals surface area contributed by atoms with Crippen molar-refractivity contribution in [1.29, 1.82) is 0 Å². The smallest absolute Gasteiger partial charge is 0.137 e. The zero-order valence-electron chi connectivity index (χ0n) is 20.0. The van der Waals surface area contributed by atoms with Gasteiger partial charge in [-0.2, -0.15) is 0 Å². The molecule has 0 saturated heterocycles. The van der Waals surface area contributed by atoms with Crippen LogP contribution in [-0.4, -0.2) is 29.0 Å². The normalized spacial score (nSPS) is 13.3. The number of aliphatic hydroxyl groups excluding tert-OH is 2. The Morgan fingerprint density at radius 3 is 1.55 bits per heavy atom. The number of rotatable bonds is 5. The summed E-state index contributed by atoms with van der Waals surface area (Å²) in [6.45, 7) is 0. The molecule has 6 aromatic rings. The van der Waals surface area contributed by atoms with Crippen molar-refractivity contribution in [3.05, 3.63) is 114 Å². The van der Waals surface area contributed by atoms with Gasteiger partial charge >= 0.3 is 0 Å². The van der Waals surface area contributed by atoms with E-state index in [1.807, 2.05) is 6.07 Å². The van der Waals surface area contributed by atoms with Crippen LogP contribution in [0, 0.1) is 0 Å². The Balaban J connectivity index is 1.60. The molecular weight excluding hydrogens is 682 g/mol. The molecule has 6 nitrogen and oxygen atoms in total. The Kier molecular flexibility index (Phi) is 7.52. The molecule has 2 unspecified atom stereocenters. The minimum Gasteiger partial charge on any atom is -0.384 e. The molecule has 0 amide bonds. The van der Waals surface area contributed by atoms with Crippen LogP contribution < -0.4 is 0 Å². The molecule has 12 heteroatoms. The summed E-state index contributed by atoms with van der Waals surface area (Å²) >= 11 is 35.2. The Morgan fingerprint density at radius 1 is 0.600 bits per heavy atom. The molecule has 40 heavy (non-hydrogen) atoms. The topological polar surface area (TPSA) is 75.1 Å². The number of hydrogen-bond acceptors (Lipinski definition) is 4. The minimum absolute atomic E-state index is 0.271. The van der Waals surface area contributed by atoms with Gasteiger partial charge in [0, 0.05) is 38.0 Å². The first-order chi connectivity index (χ1) is 19.1. The molecule has 0 spiro atoms. The Hall–Kier alpha value is -2.33. The predicted molar refractivity (Wildman–Crippen MR) is 164 cm³/mol. The van der Waals surface area contributed by atoms with Crippen molar-refractivity contribution in [1.82, 2.24) is 18.8 Å². The predicted octanol–water partition coefficient (Wildman–Crippen LogP) is 9.11. The monoisotopic (exact) mass is 694 g/mol. The van der Waals surface area contributed by atoms with E-state index in [4.69, 9.17) is 68.0 Å². The first kappa shape index (κ1) is 27.8. The maximum Gasteiger partial charge on any atom is 0.137 e. The molecule has 202 valence electrons. The van der Waals surface area contributed by atoms with Crippen molar-refractivity contribution in [3.63, 3.8) is 0 Å². The van der Waals surface area contributed by atoms with Gasteiger partial charge in [0.15, 0.2) is 0 Å². The number of imidazole rings is 2.